The van der Waals surface area contributed by atoms with Crippen molar-refractivity contribution in [3.63, 3.8) is 0 Å². The Morgan fingerprint density at radius 3 is 2.43 bits per heavy atom. The van der Waals surface area contributed by atoms with Crippen molar-refractivity contribution >= 4 is 29.3 Å². The average molecular weight is 398 g/mol. The number of aromatic nitrogens is 2. The lowest BCUT2D eigenvalue weighted by atomic mass is 10.2. The topological polar surface area (TPSA) is 125 Å². The Morgan fingerprint density at radius 2 is 1.82 bits per heavy atom. The minimum atomic E-state index is -0.615. The fraction of sp³-hybridized carbons (Fsp3) is 0.158. The number of carbonyl (C=O) groups excluding carboxylic acids is 2. The van der Waals surface area contributed by atoms with Crippen molar-refractivity contribution in [3.8, 4) is 11.6 Å². The molecule has 144 valence electrons. The predicted molar refractivity (Wildman–Crippen MR) is 101 cm³/mol. The van der Waals surface area contributed by atoms with Gasteiger partial charge in [-0.2, -0.15) is 0 Å². The molecule has 28 heavy (non-hydrogen) atoms. The summed E-state index contributed by atoms with van der Waals surface area (Å²) in [5.41, 5.74) is 7.79. The molecule has 1 unspecified atom stereocenters. The van der Waals surface area contributed by atoms with Gasteiger partial charge in [0.1, 0.15) is 0 Å². The smallest absolute Gasteiger partial charge is 0.298 e. The Morgan fingerprint density at radius 1 is 1.18 bits per heavy atom. The molecular weight excluding hydrogens is 380 g/mol. The summed E-state index contributed by atoms with van der Waals surface area (Å²) in [6.45, 7) is 3.62. The van der Waals surface area contributed by atoms with E-state index in [2.05, 4.69) is 10.6 Å². The lowest BCUT2D eigenvalue weighted by Gasteiger charge is -2.10. The Kier molecular flexibility index (Phi) is 5.65. The molecule has 0 saturated carbocycles. The Labute approximate surface area is 165 Å². The van der Waals surface area contributed by atoms with Crippen molar-refractivity contribution in [2.24, 2.45) is 5.73 Å². The summed E-state index contributed by atoms with van der Waals surface area (Å²) in [5.74, 6) is -1.47. The number of rotatable bonds is 6. The van der Waals surface area contributed by atoms with E-state index < -0.39 is 17.1 Å². The molecule has 1 aromatic heterocycles. The molecule has 9 heteroatoms. The van der Waals surface area contributed by atoms with E-state index in [1.807, 2.05) is 31.2 Å². The highest BCUT2D eigenvalue weighted by Crippen LogP contribution is 2.28. The number of benzene rings is 2. The molecule has 1 atom stereocenters. The summed E-state index contributed by atoms with van der Waals surface area (Å²) in [5, 5.41) is 18.2. The number of aryl methyl sites for hydroxylation is 1. The van der Waals surface area contributed by atoms with Crippen LogP contribution in [0.4, 0.5) is 5.69 Å². The van der Waals surface area contributed by atoms with Gasteiger partial charge in [-0.3, -0.25) is 9.59 Å². The van der Waals surface area contributed by atoms with Crippen LogP contribution in [0.1, 0.15) is 22.8 Å². The van der Waals surface area contributed by atoms with Gasteiger partial charge in [0, 0.05) is 23.4 Å². The van der Waals surface area contributed by atoms with Gasteiger partial charge >= 0.3 is 0 Å². The quantitative estimate of drug-likeness (QED) is 0.479. The molecule has 0 saturated heterocycles. The molecule has 2 amide bonds. The number of carbonyl (C=O) groups is 2. The van der Waals surface area contributed by atoms with Crippen molar-refractivity contribution in [2.45, 2.75) is 24.1 Å². The molecule has 0 aliphatic rings. The maximum absolute atomic E-state index is 12.5. The first-order valence-electron chi connectivity index (χ1n) is 8.38. The van der Waals surface area contributed by atoms with Gasteiger partial charge in [0.15, 0.2) is 5.95 Å². The summed E-state index contributed by atoms with van der Waals surface area (Å²) in [6, 6.07) is 13.6. The van der Waals surface area contributed by atoms with Crippen LogP contribution in [0.2, 0.25) is 0 Å². The van der Waals surface area contributed by atoms with Crippen molar-refractivity contribution in [2.75, 3.05) is 5.32 Å². The van der Waals surface area contributed by atoms with Crippen LogP contribution < -0.4 is 20.8 Å². The highest BCUT2D eigenvalue weighted by atomic mass is 32.2. The second-order valence-electron chi connectivity index (χ2n) is 6.10. The van der Waals surface area contributed by atoms with E-state index in [0.29, 0.717) is 16.9 Å². The van der Waals surface area contributed by atoms with Crippen molar-refractivity contribution in [3.05, 3.63) is 59.7 Å². The minimum absolute atomic E-state index is 0.204. The highest BCUT2D eigenvalue weighted by Gasteiger charge is 2.26. The van der Waals surface area contributed by atoms with Crippen LogP contribution in [0, 0.1) is 6.92 Å². The molecule has 3 rings (SSSR count). The molecule has 1 heterocycles. The minimum Gasteiger partial charge on any atom is -0.538 e. The fourth-order valence-corrected chi connectivity index (χ4v) is 3.24. The Bertz CT molecular complexity index is 1000. The van der Waals surface area contributed by atoms with Crippen LogP contribution in [0.5, 0.6) is 5.95 Å². The number of anilines is 1. The molecule has 0 aliphatic carbocycles. The van der Waals surface area contributed by atoms with Gasteiger partial charge in [-0.15, -0.1) is 0 Å². The number of hydrogen-bond donors (Lipinski definition) is 2. The normalized spacial score (nSPS) is 11.8. The van der Waals surface area contributed by atoms with Crippen LogP contribution in [0.3, 0.4) is 0 Å². The number of nitrogens with two attached hydrogens (primary N) is 1. The van der Waals surface area contributed by atoms with E-state index in [-0.39, 0.29) is 10.9 Å². The van der Waals surface area contributed by atoms with Crippen LogP contribution >= 0.6 is 11.8 Å². The molecule has 0 aliphatic heterocycles. The van der Waals surface area contributed by atoms with E-state index >= 15 is 0 Å². The number of primary amides is 1. The maximum Gasteiger partial charge on any atom is 0.298 e. The second kappa shape index (κ2) is 8.13. The first-order chi connectivity index (χ1) is 13.3. The van der Waals surface area contributed by atoms with Gasteiger partial charge in [-0.05, 0) is 54.6 Å². The number of amides is 2. The van der Waals surface area contributed by atoms with E-state index in [0.717, 1.165) is 17.3 Å². The maximum atomic E-state index is 12.5. The zero-order valence-corrected chi connectivity index (χ0v) is 16.0. The zero-order valence-electron chi connectivity index (χ0n) is 15.2. The summed E-state index contributed by atoms with van der Waals surface area (Å²) in [6.07, 6.45) is 0. The largest absolute Gasteiger partial charge is 0.538 e. The number of thioether (sulfide) groups is 1. The SMILES string of the molecule is Cc1ccc(-[n+]2noc([O-])c2SC(C)C(=O)Nc2ccc(C(N)=O)cc2)cc1. The zero-order chi connectivity index (χ0) is 20.3. The predicted octanol–water partition coefficient (Wildman–Crippen LogP) is 1.55. The van der Waals surface area contributed by atoms with Gasteiger partial charge in [-0.25, -0.2) is 0 Å². The van der Waals surface area contributed by atoms with Gasteiger partial charge in [-0.1, -0.05) is 17.7 Å². The molecule has 0 spiro atoms. The first kappa shape index (κ1) is 19.4. The molecule has 0 bridgehead atoms. The van der Waals surface area contributed by atoms with Crippen molar-refractivity contribution in [1.82, 2.24) is 5.27 Å². The van der Waals surface area contributed by atoms with Gasteiger partial charge < -0.3 is 20.7 Å². The molecule has 0 fully saturated rings. The lowest BCUT2D eigenvalue weighted by molar-refractivity contribution is -0.705. The van der Waals surface area contributed by atoms with Crippen molar-refractivity contribution in [1.29, 1.82) is 0 Å². The molecule has 3 aromatic rings. The Hall–Kier alpha value is -3.33. The average Bonchev–Trinajstić information content (AvgIpc) is 3.03. The summed E-state index contributed by atoms with van der Waals surface area (Å²) in [4.78, 5) is 23.6. The van der Waals surface area contributed by atoms with Crippen molar-refractivity contribution < 1.29 is 23.9 Å². The number of nitrogens with one attached hydrogen (secondary N) is 1. The van der Waals surface area contributed by atoms with Crippen LogP contribution in [0.15, 0.2) is 58.1 Å². The number of nitrogens with zero attached hydrogens (tertiary/aromatic N) is 2. The first-order valence-corrected chi connectivity index (χ1v) is 9.26. The third kappa shape index (κ3) is 4.32. The molecule has 8 nitrogen and oxygen atoms in total. The van der Waals surface area contributed by atoms with Gasteiger partial charge in [0.25, 0.3) is 5.03 Å². The molecule has 0 radical (unpaired) electrons. The standard InChI is InChI=1S/C19H18N4O4S/c1-11-3-9-15(10-4-11)23-18(19(26)27-22-23)28-12(2)17(25)21-14-7-5-13(6-8-14)16(20)24/h3-10,12H,1-2H3,(H3-,20,21,22,24,25,26). The lowest BCUT2D eigenvalue weighted by Crippen LogP contribution is -2.36. The van der Waals surface area contributed by atoms with Gasteiger partial charge in [0.05, 0.1) is 10.5 Å². The molecular formula is C19H18N4O4S. The monoisotopic (exact) mass is 398 g/mol. The van der Waals surface area contributed by atoms with Crippen LogP contribution in [-0.2, 0) is 4.79 Å². The summed E-state index contributed by atoms with van der Waals surface area (Å²) in [7, 11) is 0. The summed E-state index contributed by atoms with van der Waals surface area (Å²) >= 11 is 1.05. The summed E-state index contributed by atoms with van der Waals surface area (Å²) < 4.78 is 6.15. The van der Waals surface area contributed by atoms with E-state index in [4.69, 9.17) is 10.3 Å². The van der Waals surface area contributed by atoms with E-state index in [1.54, 1.807) is 19.1 Å². The highest BCUT2D eigenvalue weighted by molar-refractivity contribution is 8.00. The number of hydrogen-bond acceptors (Lipinski definition) is 6. The van der Waals surface area contributed by atoms with Crippen LogP contribution in [0.25, 0.3) is 5.69 Å². The Balaban J connectivity index is 1.73. The molecule has 2 aromatic carbocycles. The third-order valence-corrected chi connectivity index (χ3v) is 5.08. The molecule has 3 N–H and O–H groups in total. The van der Waals surface area contributed by atoms with E-state index in [1.165, 1.54) is 16.8 Å². The van der Waals surface area contributed by atoms with Gasteiger partial charge in [0.2, 0.25) is 17.5 Å². The second-order valence-corrected chi connectivity index (χ2v) is 7.43. The third-order valence-electron chi connectivity index (χ3n) is 3.95. The van der Waals surface area contributed by atoms with E-state index in [9.17, 15) is 14.7 Å². The van der Waals surface area contributed by atoms with Crippen LogP contribution in [-0.4, -0.2) is 22.3 Å². The fourth-order valence-electron chi connectivity index (χ4n) is 2.37.